The van der Waals surface area contributed by atoms with Crippen molar-refractivity contribution in [1.29, 1.82) is 0 Å². The van der Waals surface area contributed by atoms with Crippen molar-refractivity contribution in [3.8, 4) is 5.75 Å². The molecule has 0 bridgehead atoms. The minimum Gasteiger partial charge on any atom is -0.493 e. The van der Waals surface area contributed by atoms with E-state index in [-0.39, 0.29) is 5.41 Å². The van der Waals surface area contributed by atoms with Crippen LogP contribution in [0.3, 0.4) is 0 Å². The third-order valence-corrected chi connectivity index (χ3v) is 4.64. The second-order valence-electron chi connectivity index (χ2n) is 5.30. The first-order chi connectivity index (χ1) is 9.21. The quantitative estimate of drug-likeness (QED) is 0.936. The number of hydrogen-bond donors (Lipinski definition) is 1. The van der Waals surface area contributed by atoms with E-state index in [4.69, 9.17) is 10.5 Å². The summed E-state index contributed by atoms with van der Waals surface area (Å²) in [6.07, 6.45) is 3.90. The normalized spacial score (nSPS) is 21.8. The lowest BCUT2D eigenvalue weighted by Crippen LogP contribution is -2.42. The zero-order valence-corrected chi connectivity index (χ0v) is 11.9. The summed E-state index contributed by atoms with van der Waals surface area (Å²) in [5.41, 5.74) is 7.33. The molecule has 1 aromatic carbocycles. The van der Waals surface area contributed by atoms with Gasteiger partial charge in [-0.05, 0) is 31.4 Å². The molecule has 1 aliphatic heterocycles. The fourth-order valence-corrected chi connectivity index (χ4v) is 3.62. The van der Waals surface area contributed by atoms with Crippen LogP contribution in [0.25, 0.3) is 0 Å². The van der Waals surface area contributed by atoms with Crippen LogP contribution in [-0.4, -0.2) is 18.1 Å². The van der Waals surface area contributed by atoms with Gasteiger partial charge < -0.3 is 10.5 Å². The molecule has 2 N–H and O–H groups in total. The zero-order valence-electron chi connectivity index (χ0n) is 11.1. The standard InChI is InChI=1S/C15H18N2OS/c1-11-17-8-13(19-11)7-15(9-16)6-12-4-2-3-5-14(12)18-10-15/h2-5,8H,6-7,9-10,16H2,1H3. The van der Waals surface area contributed by atoms with Gasteiger partial charge in [0.1, 0.15) is 5.75 Å². The fraction of sp³-hybridized carbons (Fsp3) is 0.400. The monoisotopic (exact) mass is 274 g/mol. The number of rotatable bonds is 3. The minimum atomic E-state index is 0.00727. The number of thiazole rings is 1. The summed E-state index contributed by atoms with van der Waals surface area (Å²) >= 11 is 1.75. The molecule has 1 aromatic heterocycles. The number of para-hydroxylation sites is 1. The molecule has 0 fully saturated rings. The number of nitrogens with zero attached hydrogens (tertiary/aromatic N) is 1. The Hall–Kier alpha value is -1.39. The predicted octanol–water partition coefficient (Wildman–Crippen LogP) is 2.57. The highest BCUT2D eigenvalue weighted by molar-refractivity contribution is 7.11. The van der Waals surface area contributed by atoms with Crippen LogP contribution in [0.2, 0.25) is 0 Å². The molecule has 0 aliphatic carbocycles. The van der Waals surface area contributed by atoms with Gasteiger partial charge in [-0.1, -0.05) is 18.2 Å². The largest absolute Gasteiger partial charge is 0.493 e. The van der Waals surface area contributed by atoms with E-state index in [0.29, 0.717) is 13.2 Å². The number of benzene rings is 1. The molecular formula is C15H18N2OS. The van der Waals surface area contributed by atoms with Gasteiger partial charge in [-0.2, -0.15) is 0 Å². The van der Waals surface area contributed by atoms with Crippen LogP contribution >= 0.6 is 11.3 Å². The minimum absolute atomic E-state index is 0.00727. The Bertz CT molecular complexity index is 581. The second kappa shape index (κ2) is 4.94. The van der Waals surface area contributed by atoms with Gasteiger partial charge in [0.05, 0.1) is 11.6 Å². The van der Waals surface area contributed by atoms with E-state index >= 15 is 0 Å². The van der Waals surface area contributed by atoms with Gasteiger partial charge in [-0.25, -0.2) is 4.98 Å². The SMILES string of the molecule is Cc1ncc(CC2(CN)COc3ccccc3C2)s1. The van der Waals surface area contributed by atoms with Crippen LogP contribution in [-0.2, 0) is 12.8 Å². The Balaban J connectivity index is 1.85. The molecular weight excluding hydrogens is 256 g/mol. The Morgan fingerprint density at radius 1 is 1.42 bits per heavy atom. The third kappa shape index (κ3) is 2.51. The van der Waals surface area contributed by atoms with E-state index in [9.17, 15) is 0 Å². The maximum atomic E-state index is 6.05. The van der Waals surface area contributed by atoms with E-state index in [1.54, 1.807) is 11.3 Å². The van der Waals surface area contributed by atoms with Gasteiger partial charge >= 0.3 is 0 Å². The van der Waals surface area contributed by atoms with Crippen molar-refractivity contribution in [2.75, 3.05) is 13.2 Å². The maximum Gasteiger partial charge on any atom is 0.122 e. The Kier molecular flexibility index (Phi) is 3.29. The van der Waals surface area contributed by atoms with Gasteiger partial charge in [0.25, 0.3) is 0 Å². The molecule has 1 atom stereocenters. The number of nitrogens with two attached hydrogens (primary N) is 1. The van der Waals surface area contributed by atoms with Crippen LogP contribution in [0.5, 0.6) is 5.75 Å². The van der Waals surface area contributed by atoms with Crippen molar-refractivity contribution in [3.05, 3.63) is 45.9 Å². The molecule has 1 unspecified atom stereocenters. The molecule has 0 spiro atoms. The zero-order chi connectivity index (χ0) is 13.3. The summed E-state index contributed by atoms with van der Waals surface area (Å²) in [5.74, 6) is 1.01. The van der Waals surface area contributed by atoms with Gasteiger partial charge in [0, 0.05) is 23.0 Å². The molecule has 3 nitrogen and oxygen atoms in total. The van der Waals surface area contributed by atoms with Gasteiger partial charge in [0.2, 0.25) is 0 Å². The van der Waals surface area contributed by atoms with E-state index in [1.165, 1.54) is 10.4 Å². The number of hydrogen-bond acceptors (Lipinski definition) is 4. The first kappa shape index (κ1) is 12.6. The van der Waals surface area contributed by atoms with Crippen molar-refractivity contribution in [3.63, 3.8) is 0 Å². The summed E-state index contributed by atoms with van der Waals surface area (Å²) in [4.78, 5) is 5.63. The molecule has 0 saturated heterocycles. The number of ether oxygens (including phenoxy) is 1. The van der Waals surface area contributed by atoms with Gasteiger partial charge in [0.15, 0.2) is 0 Å². The highest BCUT2D eigenvalue weighted by Crippen LogP contribution is 2.37. The maximum absolute atomic E-state index is 6.05. The Labute approximate surface area is 117 Å². The van der Waals surface area contributed by atoms with Gasteiger partial charge in [-0.15, -0.1) is 11.3 Å². The summed E-state index contributed by atoms with van der Waals surface area (Å²) in [5, 5.41) is 1.11. The van der Waals surface area contributed by atoms with Crippen molar-refractivity contribution < 1.29 is 4.74 Å². The molecule has 2 heterocycles. The van der Waals surface area contributed by atoms with Crippen LogP contribution in [0.1, 0.15) is 15.4 Å². The number of fused-ring (bicyclic) bond motifs is 1. The lowest BCUT2D eigenvalue weighted by molar-refractivity contribution is 0.127. The van der Waals surface area contributed by atoms with Crippen molar-refractivity contribution >= 4 is 11.3 Å². The molecule has 0 saturated carbocycles. The predicted molar refractivity (Wildman–Crippen MR) is 77.7 cm³/mol. The molecule has 0 amide bonds. The molecule has 1 aliphatic rings. The third-order valence-electron chi connectivity index (χ3n) is 3.72. The molecule has 4 heteroatoms. The first-order valence-corrected chi connectivity index (χ1v) is 7.34. The molecule has 2 aromatic rings. The smallest absolute Gasteiger partial charge is 0.122 e. The Morgan fingerprint density at radius 2 is 2.26 bits per heavy atom. The molecule has 0 radical (unpaired) electrons. The Morgan fingerprint density at radius 3 is 3.00 bits per heavy atom. The van der Waals surface area contributed by atoms with E-state index in [1.807, 2.05) is 25.3 Å². The van der Waals surface area contributed by atoms with E-state index in [0.717, 1.165) is 23.6 Å². The van der Waals surface area contributed by atoms with Gasteiger partial charge in [-0.3, -0.25) is 0 Å². The molecule has 100 valence electrons. The lowest BCUT2D eigenvalue weighted by Gasteiger charge is -2.36. The van der Waals surface area contributed by atoms with E-state index in [2.05, 4.69) is 17.1 Å². The summed E-state index contributed by atoms with van der Waals surface area (Å²) in [6, 6.07) is 8.25. The summed E-state index contributed by atoms with van der Waals surface area (Å²) < 4.78 is 5.91. The molecule has 3 rings (SSSR count). The van der Waals surface area contributed by atoms with Crippen molar-refractivity contribution in [1.82, 2.24) is 4.98 Å². The van der Waals surface area contributed by atoms with Crippen LogP contribution in [0.15, 0.2) is 30.5 Å². The first-order valence-electron chi connectivity index (χ1n) is 6.53. The summed E-state index contributed by atoms with van der Waals surface area (Å²) in [7, 11) is 0. The van der Waals surface area contributed by atoms with Crippen molar-refractivity contribution in [2.45, 2.75) is 19.8 Å². The molecule has 19 heavy (non-hydrogen) atoms. The van der Waals surface area contributed by atoms with E-state index < -0.39 is 0 Å². The lowest BCUT2D eigenvalue weighted by atomic mass is 9.77. The van der Waals surface area contributed by atoms with Crippen LogP contribution in [0, 0.1) is 12.3 Å². The average Bonchev–Trinajstić information content (AvgIpc) is 2.84. The number of aromatic nitrogens is 1. The number of aryl methyl sites for hydroxylation is 1. The second-order valence-corrected chi connectivity index (χ2v) is 6.62. The van der Waals surface area contributed by atoms with Crippen LogP contribution in [0.4, 0.5) is 0 Å². The fourth-order valence-electron chi connectivity index (χ4n) is 2.65. The highest BCUT2D eigenvalue weighted by atomic mass is 32.1. The van der Waals surface area contributed by atoms with Crippen LogP contribution < -0.4 is 10.5 Å². The average molecular weight is 274 g/mol. The summed E-state index contributed by atoms with van der Waals surface area (Å²) in [6.45, 7) is 3.37. The van der Waals surface area contributed by atoms with Crippen molar-refractivity contribution in [2.24, 2.45) is 11.1 Å². The topological polar surface area (TPSA) is 48.1 Å². The highest BCUT2D eigenvalue weighted by Gasteiger charge is 2.35.